The Kier molecular flexibility index (Phi) is 3.70. The highest BCUT2D eigenvalue weighted by Gasteiger charge is 2.25. The molecule has 0 amide bonds. The van der Waals surface area contributed by atoms with Crippen LogP contribution in [0, 0.1) is 12.3 Å². The predicted octanol–water partition coefficient (Wildman–Crippen LogP) is 2.23. The molecular weight excluding hydrogens is 178 g/mol. The van der Waals surface area contributed by atoms with Gasteiger partial charge in [-0.3, -0.25) is 4.90 Å². The second-order valence-corrected chi connectivity index (χ2v) is 5.71. The Labute approximate surface area is 86.3 Å². The van der Waals surface area contributed by atoms with Gasteiger partial charge in [0.05, 0.1) is 5.54 Å². The minimum Gasteiger partial charge on any atom is -0.287 e. The molecule has 0 saturated carbocycles. The minimum absolute atomic E-state index is 0.0649. The molecule has 0 aromatic carbocycles. The number of nitrogens with zero attached hydrogens (tertiary/aromatic N) is 1. The fourth-order valence-corrected chi connectivity index (χ4v) is 2.55. The normalized spacial score (nSPS) is 26.5. The first-order valence-electron chi connectivity index (χ1n) is 4.90. The molecule has 13 heavy (non-hydrogen) atoms. The Balaban J connectivity index is 2.57. The molecule has 2 heteroatoms. The van der Waals surface area contributed by atoms with E-state index in [2.05, 4.69) is 43.4 Å². The fraction of sp³-hybridized carbons (Fsp3) is 0.818. The molecule has 1 atom stereocenters. The molecule has 74 valence electrons. The highest BCUT2D eigenvalue weighted by molar-refractivity contribution is 7.99. The van der Waals surface area contributed by atoms with Crippen LogP contribution in [0.25, 0.3) is 0 Å². The van der Waals surface area contributed by atoms with Crippen molar-refractivity contribution in [3.05, 3.63) is 0 Å². The van der Waals surface area contributed by atoms with Crippen LogP contribution in [0.1, 0.15) is 27.2 Å². The van der Waals surface area contributed by atoms with Crippen molar-refractivity contribution in [1.29, 1.82) is 0 Å². The van der Waals surface area contributed by atoms with E-state index in [9.17, 15) is 0 Å². The first-order chi connectivity index (χ1) is 6.06. The van der Waals surface area contributed by atoms with E-state index in [1.165, 1.54) is 12.2 Å². The Morgan fingerprint density at radius 3 is 2.77 bits per heavy atom. The monoisotopic (exact) mass is 197 g/mol. The fourth-order valence-electron chi connectivity index (χ4n) is 1.55. The molecule has 0 spiro atoms. The largest absolute Gasteiger partial charge is 0.287 e. The summed E-state index contributed by atoms with van der Waals surface area (Å²) in [5, 5.41) is 0.790. The van der Waals surface area contributed by atoms with Crippen molar-refractivity contribution < 1.29 is 0 Å². The molecule has 0 radical (unpaired) electrons. The lowest BCUT2D eigenvalue weighted by Crippen LogP contribution is -2.44. The van der Waals surface area contributed by atoms with Crippen molar-refractivity contribution >= 4 is 11.8 Å². The molecule has 0 aromatic heterocycles. The Morgan fingerprint density at radius 2 is 2.15 bits per heavy atom. The first kappa shape index (κ1) is 10.9. The molecule has 0 N–H and O–H groups in total. The molecule has 1 nitrogen and oxygen atoms in total. The average Bonchev–Trinajstić information content (AvgIpc) is 2.30. The maximum absolute atomic E-state index is 5.52. The Morgan fingerprint density at radius 1 is 1.46 bits per heavy atom. The number of terminal acetylenes is 1. The van der Waals surface area contributed by atoms with Gasteiger partial charge in [-0.15, -0.1) is 6.42 Å². The van der Waals surface area contributed by atoms with Crippen LogP contribution in [-0.4, -0.2) is 34.5 Å². The van der Waals surface area contributed by atoms with Gasteiger partial charge in [0.2, 0.25) is 0 Å². The third kappa shape index (κ3) is 2.93. The van der Waals surface area contributed by atoms with Crippen molar-refractivity contribution in [2.45, 2.75) is 38.0 Å². The summed E-state index contributed by atoms with van der Waals surface area (Å²) in [7, 11) is 0. The van der Waals surface area contributed by atoms with E-state index in [0.29, 0.717) is 0 Å². The number of thioether (sulfide) groups is 1. The standard InChI is InChI=1S/C11H19NS/c1-5-11(3,4)12-7-6-10(2)13-9-8-12/h1,10H,6-9H2,2-4H3. The van der Waals surface area contributed by atoms with E-state index in [0.717, 1.165) is 18.3 Å². The lowest BCUT2D eigenvalue weighted by molar-refractivity contribution is 0.182. The molecule has 0 aliphatic carbocycles. The molecule has 1 fully saturated rings. The van der Waals surface area contributed by atoms with Crippen molar-refractivity contribution in [3.63, 3.8) is 0 Å². The summed E-state index contributed by atoms with van der Waals surface area (Å²) in [6.45, 7) is 8.84. The van der Waals surface area contributed by atoms with Gasteiger partial charge in [-0.05, 0) is 20.3 Å². The minimum atomic E-state index is -0.0649. The summed E-state index contributed by atoms with van der Waals surface area (Å²) < 4.78 is 0. The van der Waals surface area contributed by atoms with E-state index < -0.39 is 0 Å². The zero-order valence-corrected chi connectivity index (χ0v) is 9.66. The van der Waals surface area contributed by atoms with Crippen LogP contribution in [0.15, 0.2) is 0 Å². The van der Waals surface area contributed by atoms with E-state index >= 15 is 0 Å². The summed E-state index contributed by atoms with van der Waals surface area (Å²) in [4.78, 5) is 2.42. The summed E-state index contributed by atoms with van der Waals surface area (Å²) >= 11 is 2.06. The van der Waals surface area contributed by atoms with Gasteiger partial charge >= 0.3 is 0 Å². The molecule has 1 saturated heterocycles. The first-order valence-corrected chi connectivity index (χ1v) is 5.95. The molecular formula is C11H19NS. The van der Waals surface area contributed by atoms with Crippen molar-refractivity contribution in [1.82, 2.24) is 4.90 Å². The lowest BCUT2D eigenvalue weighted by atomic mass is 10.0. The Hall–Kier alpha value is -0.130. The predicted molar refractivity (Wildman–Crippen MR) is 61.0 cm³/mol. The van der Waals surface area contributed by atoms with Gasteiger partial charge in [0, 0.05) is 24.1 Å². The SMILES string of the molecule is C#CC(C)(C)N1CCSC(C)CC1. The van der Waals surface area contributed by atoms with Crippen molar-refractivity contribution in [2.24, 2.45) is 0 Å². The third-order valence-corrected chi connectivity index (χ3v) is 3.94. The van der Waals surface area contributed by atoms with E-state index in [4.69, 9.17) is 6.42 Å². The molecule has 1 aliphatic heterocycles. The topological polar surface area (TPSA) is 3.24 Å². The second-order valence-electron chi connectivity index (χ2n) is 4.16. The maximum Gasteiger partial charge on any atom is 0.0766 e. The molecule has 0 aromatic rings. The number of rotatable bonds is 1. The average molecular weight is 197 g/mol. The quantitative estimate of drug-likeness (QED) is 0.593. The van der Waals surface area contributed by atoms with Crippen LogP contribution < -0.4 is 0 Å². The van der Waals surface area contributed by atoms with E-state index in [1.807, 2.05) is 0 Å². The van der Waals surface area contributed by atoms with Crippen molar-refractivity contribution in [2.75, 3.05) is 18.8 Å². The second kappa shape index (κ2) is 4.39. The van der Waals surface area contributed by atoms with Gasteiger partial charge in [0.25, 0.3) is 0 Å². The van der Waals surface area contributed by atoms with Gasteiger partial charge < -0.3 is 0 Å². The zero-order valence-electron chi connectivity index (χ0n) is 8.84. The zero-order chi connectivity index (χ0) is 9.90. The van der Waals surface area contributed by atoms with E-state index in [1.54, 1.807) is 0 Å². The van der Waals surface area contributed by atoms with Gasteiger partial charge in [0.15, 0.2) is 0 Å². The van der Waals surface area contributed by atoms with Gasteiger partial charge in [0.1, 0.15) is 0 Å². The number of hydrogen-bond donors (Lipinski definition) is 0. The highest BCUT2D eigenvalue weighted by atomic mass is 32.2. The van der Waals surface area contributed by atoms with Gasteiger partial charge in [-0.25, -0.2) is 0 Å². The lowest BCUT2D eigenvalue weighted by Gasteiger charge is -2.33. The molecule has 1 rings (SSSR count). The molecule has 1 aliphatic rings. The van der Waals surface area contributed by atoms with Crippen LogP contribution in [0.3, 0.4) is 0 Å². The van der Waals surface area contributed by atoms with Crippen LogP contribution in [-0.2, 0) is 0 Å². The molecule has 1 heterocycles. The van der Waals surface area contributed by atoms with Crippen LogP contribution in [0.5, 0.6) is 0 Å². The summed E-state index contributed by atoms with van der Waals surface area (Å²) in [6, 6.07) is 0. The maximum atomic E-state index is 5.52. The smallest absolute Gasteiger partial charge is 0.0766 e. The summed E-state index contributed by atoms with van der Waals surface area (Å²) in [5.74, 6) is 4.08. The third-order valence-electron chi connectivity index (χ3n) is 2.71. The molecule has 0 bridgehead atoms. The van der Waals surface area contributed by atoms with Gasteiger partial charge in [-0.2, -0.15) is 11.8 Å². The highest BCUT2D eigenvalue weighted by Crippen LogP contribution is 2.23. The molecule has 1 unspecified atom stereocenters. The van der Waals surface area contributed by atoms with Crippen LogP contribution in [0.2, 0.25) is 0 Å². The summed E-state index contributed by atoms with van der Waals surface area (Å²) in [5.41, 5.74) is -0.0649. The van der Waals surface area contributed by atoms with Crippen molar-refractivity contribution in [3.8, 4) is 12.3 Å². The van der Waals surface area contributed by atoms with Crippen LogP contribution in [0.4, 0.5) is 0 Å². The van der Waals surface area contributed by atoms with Gasteiger partial charge in [-0.1, -0.05) is 12.8 Å². The summed E-state index contributed by atoms with van der Waals surface area (Å²) in [6.07, 6.45) is 6.78. The van der Waals surface area contributed by atoms with Crippen LogP contribution >= 0.6 is 11.8 Å². The number of hydrogen-bond acceptors (Lipinski definition) is 2. The Bertz CT molecular complexity index is 205. The van der Waals surface area contributed by atoms with E-state index in [-0.39, 0.29) is 5.54 Å².